The van der Waals surface area contributed by atoms with E-state index in [9.17, 15) is 0 Å². The molecule has 0 spiro atoms. The number of hydrogen-bond donors (Lipinski definition) is 0. The van der Waals surface area contributed by atoms with Gasteiger partial charge in [-0.15, -0.1) is 0 Å². The van der Waals surface area contributed by atoms with E-state index in [1.54, 1.807) is 16.9 Å². The van der Waals surface area contributed by atoms with Crippen LogP contribution in [0.4, 0.5) is 0 Å². The molecule has 0 aliphatic rings. The molecule has 8 heteroatoms. The van der Waals surface area contributed by atoms with Gasteiger partial charge in [-0.1, -0.05) is 13.8 Å². The summed E-state index contributed by atoms with van der Waals surface area (Å²) in [5, 5.41) is 2.58. The molecular formula is C46H72N2S4Sn2. The second-order valence-corrected chi connectivity index (χ2v) is 53.0. The fourth-order valence-electron chi connectivity index (χ4n) is 7.60. The van der Waals surface area contributed by atoms with Gasteiger partial charge in [-0.3, -0.25) is 0 Å². The van der Waals surface area contributed by atoms with E-state index < -0.39 is 36.8 Å². The number of aromatic nitrogens is 2. The van der Waals surface area contributed by atoms with Crippen LogP contribution in [0.15, 0.2) is 12.1 Å². The van der Waals surface area contributed by atoms with E-state index in [-0.39, 0.29) is 0 Å². The first-order valence-electron chi connectivity index (χ1n) is 21.9. The van der Waals surface area contributed by atoms with Crippen LogP contribution in [0.3, 0.4) is 0 Å². The summed E-state index contributed by atoms with van der Waals surface area (Å²) in [5.41, 5.74) is 8.82. The number of benzene rings is 1. The topological polar surface area (TPSA) is 25.8 Å². The first kappa shape index (κ1) is 45.1. The minimum absolute atomic E-state index is 1.12. The van der Waals surface area contributed by atoms with Crippen molar-refractivity contribution in [2.45, 2.75) is 186 Å². The first-order chi connectivity index (χ1) is 25.9. The molecule has 4 heterocycles. The van der Waals surface area contributed by atoms with Gasteiger partial charge < -0.3 is 0 Å². The van der Waals surface area contributed by atoms with Gasteiger partial charge in [0.15, 0.2) is 0 Å². The molecule has 2 nitrogen and oxygen atoms in total. The van der Waals surface area contributed by atoms with Gasteiger partial charge in [0, 0.05) is 0 Å². The molecule has 0 aliphatic carbocycles. The third kappa shape index (κ3) is 11.6. The van der Waals surface area contributed by atoms with Crippen LogP contribution in [-0.2, 0) is 25.7 Å². The fraction of sp³-hybridized carbons (Fsp3) is 0.652. The molecule has 0 aliphatic heterocycles. The predicted octanol–water partition coefficient (Wildman–Crippen LogP) is 15.9. The van der Waals surface area contributed by atoms with Gasteiger partial charge in [0.05, 0.1) is 0 Å². The summed E-state index contributed by atoms with van der Waals surface area (Å²) in [6.45, 7) is 9.32. The molecule has 0 fully saturated rings. The Labute approximate surface area is 354 Å². The SMILES string of the molecule is CCCCCCc1c[c]([Sn]([CH3])([CH3])[CH3])sc1-c1nc2c(CCCCCC)c3sc(-c4s[c]([Sn]([CH3])([CH3])[CH3])cc4CCCCCC)nc3c(CCCCCC)c2s1. The molecule has 0 saturated heterocycles. The van der Waals surface area contributed by atoms with Crippen LogP contribution in [0.1, 0.15) is 153 Å². The summed E-state index contributed by atoms with van der Waals surface area (Å²) in [4.78, 5) is 30.0. The molecule has 0 atom stereocenters. The zero-order valence-electron chi connectivity index (χ0n) is 35.8. The monoisotopic (exact) mass is 1020 g/mol. The molecule has 0 amide bonds. The summed E-state index contributed by atoms with van der Waals surface area (Å²) in [5.74, 6) is 0. The Hall–Kier alpha value is -0.00260. The molecule has 0 saturated carbocycles. The molecule has 54 heavy (non-hydrogen) atoms. The zero-order valence-corrected chi connectivity index (χ0v) is 44.8. The third-order valence-electron chi connectivity index (χ3n) is 11.0. The predicted molar refractivity (Wildman–Crippen MR) is 257 cm³/mol. The van der Waals surface area contributed by atoms with E-state index in [0.717, 1.165) is 12.8 Å². The van der Waals surface area contributed by atoms with Crippen LogP contribution in [0.2, 0.25) is 29.6 Å². The van der Waals surface area contributed by atoms with Gasteiger partial charge in [0.1, 0.15) is 0 Å². The van der Waals surface area contributed by atoms with Crippen molar-refractivity contribution in [1.29, 1.82) is 0 Å². The minimum atomic E-state index is -2.26. The average molecular weight is 1020 g/mol. The van der Waals surface area contributed by atoms with Crippen molar-refractivity contribution >= 4 is 108 Å². The second-order valence-electron chi connectivity index (χ2n) is 18.0. The molecule has 0 bridgehead atoms. The molecule has 1 aromatic carbocycles. The number of thiophene rings is 2. The summed E-state index contributed by atoms with van der Waals surface area (Å²) >= 11 is 3.76. The Bertz CT molecular complexity index is 1720. The van der Waals surface area contributed by atoms with Crippen molar-refractivity contribution < 1.29 is 0 Å². The number of thiazole rings is 2. The summed E-state index contributed by atoms with van der Waals surface area (Å²) in [7, 11) is 0. The molecule has 5 aromatic rings. The normalized spacial score (nSPS) is 12.6. The van der Waals surface area contributed by atoms with Crippen molar-refractivity contribution in [1.82, 2.24) is 9.97 Å². The van der Waals surface area contributed by atoms with Crippen molar-refractivity contribution in [3.05, 3.63) is 34.4 Å². The number of fused-ring (bicyclic) bond motifs is 2. The molecule has 298 valence electrons. The van der Waals surface area contributed by atoms with Gasteiger partial charge in [-0.2, -0.15) is 0 Å². The molecular weight excluding hydrogens is 946 g/mol. The van der Waals surface area contributed by atoms with Gasteiger partial charge >= 0.3 is 344 Å². The van der Waals surface area contributed by atoms with Gasteiger partial charge in [0.25, 0.3) is 0 Å². The van der Waals surface area contributed by atoms with Crippen LogP contribution >= 0.6 is 45.3 Å². The van der Waals surface area contributed by atoms with Crippen LogP contribution in [0.25, 0.3) is 40.2 Å². The number of aryl methyl sites for hydroxylation is 4. The molecule has 0 unspecified atom stereocenters. The van der Waals surface area contributed by atoms with Crippen LogP contribution in [-0.4, -0.2) is 46.7 Å². The quantitative estimate of drug-likeness (QED) is 0.0455. The Kier molecular flexibility index (Phi) is 17.8. The number of hydrogen-bond acceptors (Lipinski definition) is 6. The Morgan fingerprint density at radius 1 is 0.426 bits per heavy atom. The number of rotatable bonds is 24. The van der Waals surface area contributed by atoms with E-state index in [1.165, 1.54) is 167 Å². The van der Waals surface area contributed by atoms with Gasteiger partial charge in [0.2, 0.25) is 0 Å². The maximum absolute atomic E-state index is 5.77. The maximum atomic E-state index is 5.77. The van der Waals surface area contributed by atoms with Crippen LogP contribution in [0.5, 0.6) is 0 Å². The third-order valence-corrected chi connectivity index (χ3v) is 34.8. The standard InChI is InChI=1S/C40H54N2S4.6CH3.2Sn/c1-5-9-13-17-21-29-25-27-43-35(29)39-41-33-31(23-19-15-11-7-3)38-34(32(37(33)45-39)24-20-16-12-8-4)42-40(46-38)36-30(26-28-44-36)22-18-14-10-6-2;;;;;;;;/h25-26H,5-24H2,1-4H3;6*1H3;;. The van der Waals surface area contributed by atoms with Gasteiger partial charge in [-0.05, 0) is 0 Å². The van der Waals surface area contributed by atoms with Crippen molar-refractivity contribution in [3.8, 4) is 19.8 Å². The molecule has 0 N–H and O–H groups in total. The summed E-state index contributed by atoms with van der Waals surface area (Å²) < 4.78 is 6.33. The fourth-order valence-corrected chi connectivity index (χ4v) is 23.1. The Morgan fingerprint density at radius 3 is 1.07 bits per heavy atom. The second kappa shape index (κ2) is 21.3. The van der Waals surface area contributed by atoms with E-state index in [2.05, 4.69) is 92.1 Å². The molecule has 4 aromatic heterocycles. The van der Waals surface area contributed by atoms with Crippen molar-refractivity contribution in [2.75, 3.05) is 0 Å². The van der Waals surface area contributed by atoms with Gasteiger partial charge in [-0.25, -0.2) is 0 Å². The average Bonchev–Trinajstić information content (AvgIpc) is 3.93. The van der Waals surface area contributed by atoms with Crippen LogP contribution in [0, 0.1) is 0 Å². The van der Waals surface area contributed by atoms with E-state index in [1.807, 2.05) is 22.7 Å². The first-order valence-corrected chi connectivity index (χ1v) is 45.2. The summed E-state index contributed by atoms with van der Waals surface area (Å²) in [6.07, 6.45) is 25.4. The van der Waals surface area contributed by atoms with Crippen LogP contribution < -0.4 is 5.79 Å². The Morgan fingerprint density at radius 2 is 0.759 bits per heavy atom. The van der Waals surface area contributed by atoms with E-state index in [4.69, 9.17) is 9.97 Å². The number of nitrogens with zero attached hydrogens (tertiary/aromatic N) is 2. The van der Waals surface area contributed by atoms with E-state index >= 15 is 0 Å². The summed E-state index contributed by atoms with van der Waals surface area (Å²) in [6, 6.07) is 5.27. The zero-order chi connectivity index (χ0) is 38.9. The Balaban J connectivity index is 1.71. The van der Waals surface area contributed by atoms with Crippen molar-refractivity contribution in [2.24, 2.45) is 0 Å². The number of unbranched alkanes of at least 4 members (excludes halogenated alkanes) is 12. The van der Waals surface area contributed by atoms with Crippen molar-refractivity contribution in [3.63, 3.8) is 0 Å². The molecule has 0 radical (unpaired) electrons. The molecule has 5 rings (SSSR count). The van der Waals surface area contributed by atoms with E-state index in [0.29, 0.717) is 0 Å².